The molecule has 0 bridgehead atoms. The van der Waals surface area contributed by atoms with Gasteiger partial charge in [-0.3, -0.25) is 4.79 Å². The molecule has 0 heterocycles. The molecule has 0 radical (unpaired) electrons. The maximum atomic E-state index is 12.2. The molecule has 118 valence electrons. The highest BCUT2D eigenvalue weighted by Gasteiger charge is 2.30. The van der Waals surface area contributed by atoms with Gasteiger partial charge in [0.1, 0.15) is 0 Å². The Labute approximate surface area is 132 Å². The van der Waals surface area contributed by atoms with E-state index in [0.29, 0.717) is 0 Å². The number of hydrogen-bond donors (Lipinski definition) is 1. The predicted octanol–water partition coefficient (Wildman–Crippen LogP) is 3.45. The minimum atomic E-state index is -4.41. The van der Waals surface area contributed by atoms with Crippen LogP contribution in [0.5, 0.6) is 0 Å². The average Bonchev–Trinajstić information content (AvgIpc) is 2.24. The first kappa shape index (κ1) is 18.2. The number of hydrogen-bond acceptors (Lipinski definition) is 3. The van der Waals surface area contributed by atoms with E-state index >= 15 is 0 Å². The minimum absolute atomic E-state index is 0.105. The van der Waals surface area contributed by atoms with Crippen LogP contribution in [0.1, 0.15) is 23.7 Å². The fourth-order valence-electron chi connectivity index (χ4n) is 1.54. The first-order valence-electron chi connectivity index (χ1n) is 5.52. The van der Waals surface area contributed by atoms with E-state index in [9.17, 15) is 26.4 Å². The summed E-state index contributed by atoms with van der Waals surface area (Å²) in [5, 5.41) is 2.14. The van der Waals surface area contributed by atoms with Crippen LogP contribution in [-0.4, -0.2) is 26.5 Å². The monoisotopic (exact) mass is 407 g/mol. The maximum Gasteiger partial charge on any atom is 0.391 e. The molecule has 1 unspecified atom stereocenters. The van der Waals surface area contributed by atoms with Crippen molar-refractivity contribution in [3.8, 4) is 0 Å². The summed E-state index contributed by atoms with van der Waals surface area (Å²) in [4.78, 5) is 11.5. The smallest absolute Gasteiger partial charge is 0.349 e. The Morgan fingerprint density at radius 2 is 2.00 bits per heavy atom. The van der Waals surface area contributed by atoms with Crippen molar-refractivity contribution in [3.05, 3.63) is 28.2 Å². The molecule has 4 nitrogen and oxygen atoms in total. The Kier molecular flexibility index (Phi) is 5.68. The van der Waals surface area contributed by atoms with Gasteiger partial charge in [-0.25, -0.2) is 8.42 Å². The number of alkyl halides is 3. The summed E-state index contributed by atoms with van der Waals surface area (Å²) in [5.41, 5.74) is -0.105. The molecule has 0 spiro atoms. The highest BCUT2D eigenvalue weighted by molar-refractivity contribution is 9.10. The fraction of sp³-hybridized carbons (Fsp3) is 0.364. The van der Waals surface area contributed by atoms with Crippen LogP contribution in [0.4, 0.5) is 13.2 Å². The van der Waals surface area contributed by atoms with Crippen molar-refractivity contribution >= 4 is 41.6 Å². The molecule has 1 rings (SSSR count). The zero-order valence-electron chi connectivity index (χ0n) is 10.5. The third-order valence-electron chi connectivity index (χ3n) is 2.37. The summed E-state index contributed by atoms with van der Waals surface area (Å²) in [6.07, 6.45) is -5.59. The number of amides is 1. The van der Waals surface area contributed by atoms with Crippen LogP contribution in [-0.2, 0) is 9.05 Å². The van der Waals surface area contributed by atoms with E-state index in [1.54, 1.807) is 0 Å². The van der Waals surface area contributed by atoms with E-state index < -0.39 is 33.6 Å². The molecule has 1 aromatic carbocycles. The van der Waals surface area contributed by atoms with Crippen LogP contribution in [0.2, 0.25) is 0 Å². The highest BCUT2D eigenvalue weighted by Crippen LogP contribution is 2.26. The summed E-state index contributed by atoms with van der Waals surface area (Å²) >= 11 is 2.96. The van der Waals surface area contributed by atoms with E-state index in [1.165, 1.54) is 19.1 Å². The van der Waals surface area contributed by atoms with Crippen molar-refractivity contribution in [3.63, 3.8) is 0 Å². The van der Waals surface area contributed by atoms with E-state index in [0.717, 1.165) is 6.07 Å². The number of carbonyl (C=O) groups is 1. The lowest BCUT2D eigenvalue weighted by Gasteiger charge is -2.16. The lowest BCUT2D eigenvalue weighted by atomic mass is 10.1. The minimum Gasteiger partial charge on any atom is -0.349 e. The summed E-state index contributed by atoms with van der Waals surface area (Å²) in [6, 6.07) is 2.39. The molecule has 0 aliphatic heterocycles. The van der Waals surface area contributed by atoms with Crippen LogP contribution in [0.25, 0.3) is 0 Å². The van der Waals surface area contributed by atoms with Gasteiger partial charge in [0.05, 0.1) is 11.3 Å². The van der Waals surface area contributed by atoms with Gasteiger partial charge in [0.2, 0.25) is 0 Å². The second-order valence-electron chi connectivity index (χ2n) is 4.28. The van der Waals surface area contributed by atoms with E-state index in [1.807, 2.05) is 0 Å². The third kappa shape index (κ3) is 5.84. The Morgan fingerprint density at radius 3 is 2.48 bits per heavy atom. The molecule has 0 saturated heterocycles. The molecule has 0 aliphatic carbocycles. The average molecular weight is 409 g/mol. The number of carbonyl (C=O) groups excluding carboxylic acids is 1. The topological polar surface area (TPSA) is 63.2 Å². The highest BCUT2D eigenvalue weighted by atomic mass is 79.9. The van der Waals surface area contributed by atoms with Gasteiger partial charge in [0, 0.05) is 26.8 Å². The molecule has 10 heteroatoms. The van der Waals surface area contributed by atoms with Crippen molar-refractivity contribution in [1.29, 1.82) is 0 Å². The van der Waals surface area contributed by atoms with Crippen LogP contribution < -0.4 is 5.32 Å². The molecular weight excluding hydrogens is 399 g/mol. The SMILES string of the molecule is CC(CC(F)(F)F)NC(=O)c1ccc(Br)c(S(=O)(=O)Cl)c1. The van der Waals surface area contributed by atoms with E-state index in [2.05, 4.69) is 21.2 Å². The molecular formula is C11H10BrClF3NO3S. The van der Waals surface area contributed by atoms with Crippen molar-refractivity contribution < 1.29 is 26.4 Å². The van der Waals surface area contributed by atoms with Gasteiger partial charge in [-0.1, -0.05) is 0 Å². The quantitative estimate of drug-likeness (QED) is 0.776. The second kappa shape index (κ2) is 6.53. The Bertz CT molecular complexity index is 649. The Hall–Kier alpha value is -0.800. The molecule has 21 heavy (non-hydrogen) atoms. The first-order valence-corrected chi connectivity index (χ1v) is 8.62. The van der Waals surface area contributed by atoms with Crippen molar-refractivity contribution in [1.82, 2.24) is 5.32 Å². The number of rotatable bonds is 4. The van der Waals surface area contributed by atoms with Crippen LogP contribution in [0, 0.1) is 0 Å². The zero-order valence-corrected chi connectivity index (χ0v) is 13.7. The molecule has 1 atom stereocenters. The lowest BCUT2D eigenvalue weighted by Crippen LogP contribution is -2.36. The molecule has 1 N–H and O–H groups in total. The van der Waals surface area contributed by atoms with Crippen LogP contribution in [0.15, 0.2) is 27.6 Å². The standard InChI is InChI=1S/C11H10BrClF3NO3S/c1-6(5-11(14,15)16)17-10(18)7-2-3-8(12)9(4-7)21(13,19)20/h2-4,6H,5H2,1H3,(H,17,18). The summed E-state index contributed by atoms with van der Waals surface area (Å²) in [5.74, 6) is -0.819. The summed E-state index contributed by atoms with van der Waals surface area (Å²) in [6.45, 7) is 1.20. The van der Waals surface area contributed by atoms with Crippen LogP contribution in [0.3, 0.4) is 0 Å². The number of benzene rings is 1. The van der Waals surface area contributed by atoms with Gasteiger partial charge in [-0.2, -0.15) is 13.2 Å². The van der Waals surface area contributed by atoms with Crippen molar-refractivity contribution in [2.24, 2.45) is 0 Å². The van der Waals surface area contributed by atoms with E-state index in [4.69, 9.17) is 10.7 Å². The fourth-order valence-corrected chi connectivity index (χ4v) is 3.65. The first-order chi connectivity index (χ1) is 9.40. The molecule has 1 amide bonds. The largest absolute Gasteiger partial charge is 0.391 e. The molecule has 0 aromatic heterocycles. The molecule has 0 saturated carbocycles. The van der Waals surface area contributed by atoms with Gasteiger partial charge >= 0.3 is 6.18 Å². The summed E-state index contributed by atoms with van der Waals surface area (Å²) in [7, 11) is 1.11. The van der Waals surface area contributed by atoms with Gasteiger partial charge in [-0.05, 0) is 41.1 Å². The van der Waals surface area contributed by atoms with Crippen LogP contribution >= 0.6 is 26.6 Å². The van der Waals surface area contributed by atoms with Crippen molar-refractivity contribution in [2.75, 3.05) is 0 Å². The number of nitrogens with one attached hydrogen (secondary N) is 1. The summed E-state index contributed by atoms with van der Waals surface area (Å²) < 4.78 is 59.3. The Balaban J connectivity index is 2.94. The second-order valence-corrected chi connectivity index (χ2v) is 7.67. The normalized spacial score (nSPS) is 13.8. The Morgan fingerprint density at radius 1 is 1.43 bits per heavy atom. The zero-order chi connectivity index (χ0) is 16.4. The lowest BCUT2D eigenvalue weighted by molar-refractivity contribution is -0.138. The van der Waals surface area contributed by atoms with Gasteiger partial charge in [0.25, 0.3) is 15.0 Å². The molecule has 1 aromatic rings. The van der Waals surface area contributed by atoms with Crippen molar-refractivity contribution in [2.45, 2.75) is 30.5 Å². The van der Waals surface area contributed by atoms with Gasteiger partial charge < -0.3 is 5.32 Å². The molecule has 0 fully saturated rings. The van der Waals surface area contributed by atoms with Gasteiger partial charge in [-0.15, -0.1) is 0 Å². The predicted molar refractivity (Wildman–Crippen MR) is 74.8 cm³/mol. The maximum absolute atomic E-state index is 12.2. The van der Waals surface area contributed by atoms with Gasteiger partial charge in [0.15, 0.2) is 0 Å². The molecule has 0 aliphatic rings. The van der Waals surface area contributed by atoms with E-state index in [-0.39, 0.29) is 14.9 Å². The third-order valence-corrected chi connectivity index (χ3v) is 4.69. The number of halogens is 5.